The third-order valence-corrected chi connectivity index (χ3v) is 3.72. The van der Waals surface area contributed by atoms with E-state index in [2.05, 4.69) is 29.7 Å². The van der Waals surface area contributed by atoms with Gasteiger partial charge in [-0.1, -0.05) is 25.5 Å². The van der Waals surface area contributed by atoms with Crippen molar-refractivity contribution in [3.05, 3.63) is 29.8 Å². The van der Waals surface area contributed by atoms with E-state index in [0.717, 1.165) is 38.0 Å². The molecule has 19 heavy (non-hydrogen) atoms. The molecule has 0 aromatic heterocycles. The van der Waals surface area contributed by atoms with Gasteiger partial charge in [0, 0.05) is 12.1 Å². The highest BCUT2D eigenvalue weighted by Crippen LogP contribution is 2.16. The molecule has 1 aromatic rings. The summed E-state index contributed by atoms with van der Waals surface area (Å²) < 4.78 is 0. The summed E-state index contributed by atoms with van der Waals surface area (Å²) in [7, 11) is 0. The Bertz CT molecular complexity index is 394. The predicted octanol–water partition coefficient (Wildman–Crippen LogP) is 2.97. The Balaban J connectivity index is 1.74. The summed E-state index contributed by atoms with van der Waals surface area (Å²) in [5.41, 5.74) is 2.24. The number of carbonyl (C=O) groups is 1. The van der Waals surface area contributed by atoms with Crippen LogP contribution in [0.15, 0.2) is 24.3 Å². The van der Waals surface area contributed by atoms with E-state index >= 15 is 0 Å². The zero-order chi connectivity index (χ0) is 13.5. The minimum Gasteiger partial charge on any atom is -0.326 e. The summed E-state index contributed by atoms with van der Waals surface area (Å²) in [6, 6.07) is 8.19. The van der Waals surface area contributed by atoms with Gasteiger partial charge >= 0.3 is 0 Å². The smallest absolute Gasteiger partial charge is 0.224 e. The maximum Gasteiger partial charge on any atom is 0.224 e. The Morgan fingerprint density at radius 1 is 1.37 bits per heavy atom. The monoisotopic (exact) mass is 260 g/mol. The molecule has 0 saturated carbocycles. The predicted molar refractivity (Wildman–Crippen MR) is 79.3 cm³/mol. The maximum absolute atomic E-state index is 11.8. The second-order valence-electron chi connectivity index (χ2n) is 5.39. The highest BCUT2D eigenvalue weighted by Gasteiger charge is 2.15. The number of rotatable bonds is 6. The average molecular weight is 260 g/mol. The van der Waals surface area contributed by atoms with Crippen molar-refractivity contribution in [3.8, 4) is 0 Å². The molecule has 104 valence electrons. The molecule has 1 unspecified atom stereocenters. The van der Waals surface area contributed by atoms with Crippen molar-refractivity contribution in [1.82, 2.24) is 5.32 Å². The van der Waals surface area contributed by atoms with Gasteiger partial charge in [0.15, 0.2) is 0 Å². The van der Waals surface area contributed by atoms with Crippen molar-refractivity contribution in [2.75, 3.05) is 18.4 Å². The highest BCUT2D eigenvalue weighted by molar-refractivity contribution is 5.90. The zero-order valence-corrected chi connectivity index (χ0v) is 11.7. The maximum atomic E-state index is 11.8. The number of anilines is 1. The van der Waals surface area contributed by atoms with Gasteiger partial charge in [0.25, 0.3) is 0 Å². The molecule has 0 aliphatic carbocycles. The second-order valence-corrected chi connectivity index (χ2v) is 5.39. The van der Waals surface area contributed by atoms with Gasteiger partial charge in [-0.15, -0.1) is 0 Å². The first-order valence-electron chi connectivity index (χ1n) is 7.37. The minimum atomic E-state index is 0.134. The van der Waals surface area contributed by atoms with E-state index < -0.39 is 0 Å². The van der Waals surface area contributed by atoms with Gasteiger partial charge in [0.2, 0.25) is 5.91 Å². The average Bonchev–Trinajstić information content (AvgIpc) is 2.92. The fraction of sp³-hybridized carbons (Fsp3) is 0.562. The molecule has 1 aliphatic rings. The van der Waals surface area contributed by atoms with E-state index in [1.54, 1.807) is 0 Å². The fourth-order valence-electron chi connectivity index (χ4n) is 2.56. The van der Waals surface area contributed by atoms with Crippen LogP contribution in [-0.4, -0.2) is 19.0 Å². The van der Waals surface area contributed by atoms with Crippen LogP contribution in [0.2, 0.25) is 0 Å². The molecule has 1 heterocycles. The third kappa shape index (κ3) is 4.67. The van der Waals surface area contributed by atoms with Gasteiger partial charge < -0.3 is 10.6 Å². The van der Waals surface area contributed by atoms with Crippen molar-refractivity contribution < 1.29 is 4.79 Å². The molecule has 0 spiro atoms. The van der Waals surface area contributed by atoms with Crippen LogP contribution >= 0.6 is 0 Å². The summed E-state index contributed by atoms with van der Waals surface area (Å²) in [4.78, 5) is 11.8. The van der Waals surface area contributed by atoms with Gasteiger partial charge in [-0.2, -0.15) is 0 Å². The van der Waals surface area contributed by atoms with Gasteiger partial charge in [0.1, 0.15) is 0 Å². The lowest BCUT2D eigenvalue weighted by molar-refractivity contribution is -0.116. The van der Waals surface area contributed by atoms with E-state index in [-0.39, 0.29) is 5.91 Å². The van der Waals surface area contributed by atoms with E-state index in [1.165, 1.54) is 12.0 Å². The van der Waals surface area contributed by atoms with Crippen molar-refractivity contribution in [1.29, 1.82) is 0 Å². The van der Waals surface area contributed by atoms with Crippen LogP contribution in [0.1, 0.15) is 38.2 Å². The molecule has 3 nitrogen and oxygen atoms in total. The number of benzene rings is 1. The summed E-state index contributed by atoms with van der Waals surface area (Å²) in [5.74, 6) is 0.813. The van der Waals surface area contributed by atoms with Gasteiger partial charge in [-0.25, -0.2) is 0 Å². The lowest BCUT2D eigenvalue weighted by Crippen LogP contribution is -2.15. The van der Waals surface area contributed by atoms with Crippen LogP contribution in [0, 0.1) is 5.92 Å². The Labute approximate surface area is 115 Å². The summed E-state index contributed by atoms with van der Waals surface area (Å²) in [6.45, 7) is 4.34. The number of aryl methyl sites for hydroxylation is 1. The first-order chi connectivity index (χ1) is 9.28. The van der Waals surface area contributed by atoms with Gasteiger partial charge in [0.05, 0.1) is 0 Å². The molecule has 1 atom stereocenters. The SMILES string of the molecule is CCCc1ccc(NC(=O)CCC2CCNC2)cc1. The summed E-state index contributed by atoms with van der Waals surface area (Å²) in [6.07, 6.45) is 5.08. The molecular formula is C16H24N2O. The number of carbonyl (C=O) groups excluding carboxylic acids is 1. The first-order valence-corrected chi connectivity index (χ1v) is 7.37. The lowest BCUT2D eigenvalue weighted by Gasteiger charge is -2.09. The van der Waals surface area contributed by atoms with Gasteiger partial charge in [-0.3, -0.25) is 4.79 Å². The van der Waals surface area contributed by atoms with Crippen LogP contribution in [0.25, 0.3) is 0 Å². The molecule has 1 aromatic carbocycles. The Hall–Kier alpha value is -1.35. The topological polar surface area (TPSA) is 41.1 Å². The molecule has 2 N–H and O–H groups in total. The normalized spacial score (nSPS) is 18.5. The summed E-state index contributed by atoms with van der Waals surface area (Å²) in [5, 5.41) is 6.31. The van der Waals surface area contributed by atoms with Crippen molar-refractivity contribution in [2.45, 2.75) is 39.0 Å². The quantitative estimate of drug-likeness (QED) is 0.825. The third-order valence-electron chi connectivity index (χ3n) is 3.72. The van der Waals surface area contributed by atoms with Crippen LogP contribution < -0.4 is 10.6 Å². The van der Waals surface area contributed by atoms with Gasteiger partial charge in [-0.05, 0) is 56.0 Å². The molecule has 0 radical (unpaired) electrons. The Morgan fingerprint density at radius 2 is 2.16 bits per heavy atom. The van der Waals surface area contributed by atoms with Crippen LogP contribution in [-0.2, 0) is 11.2 Å². The first kappa shape index (κ1) is 14.1. The standard InChI is InChI=1S/C16H24N2O/c1-2-3-13-4-7-15(8-5-13)18-16(19)9-6-14-10-11-17-12-14/h4-5,7-8,14,17H,2-3,6,9-12H2,1H3,(H,18,19). The minimum absolute atomic E-state index is 0.134. The van der Waals surface area contributed by atoms with Crippen LogP contribution in [0.5, 0.6) is 0 Å². The number of hydrogen-bond donors (Lipinski definition) is 2. The van der Waals surface area contributed by atoms with E-state index in [1.807, 2.05) is 12.1 Å². The van der Waals surface area contributed by atoms with Crippen LogP contribution in [0.4, 0.5) is 5.69 Å². The van der Waals surface area contributed by atoms with Crippen molar-refractivity contribution in [2.24, 2.45) is 5.92 Å². The molecule has 0 bridgehead atoms. The van der Waals surface area contributed by atoms with Crippen molar-refractivity contribution >= 4 is 11.6 Å². The molecule has 1 amide bonds. The Morgan fingerprint density at radius 3 is 2.79 bits per heavy atom. The zero-order valence-electron chi connectivity index (χ0n) is 11.7. The number of hydrogen-bond acceptors (Lipinski definition) is 2. The van der Waals surface area contributed by atoms with E-state index in [9.17, 15) is 4.79 Å². The van der Waals surface area contributed by atoms with E-state index in [4.69, 9.17) is 0 Å². The molecule has 1 fully saturated rings. The second kappa shape index (κ2) is 7.29. The lowest BCUT2D eigenvalue weighted by atomic mass is 10.0. The van der Waals surface area contributed by atoms with E-state index in [0.29, 0.717) is 12.3 Å². The Kier molecular flexibility index (Phi) is 5.40. The van der Waals surface area contributed by atoms with Crippen LogP contribution in [0.3, 0.4) is 0 Å². The molecule has 2 rings (SSSR count). The highest BCUT2D eigenvalue weighted by atomic mass is 16.1. The molecule has 1 saturated heterocycles. The summed E-state index contributed by atoms with van der Waals surface area (Å²) >= 11 is 0. The molecule has 3 heteroatoms. The molecule has 1 aliphatic heterocycles. The van der Waals surface area contributed by atoms with Crippen molar-refractivity contribution in [3.63, 3.8) is 0 Å². The fourth-order valence-corrected chi connectivity index (χ4v) is 2.56. The number of amides is 1. The largest absolute Gasteiger partial charge is 0.326 e. The molecular weight excluding hydrogens is 236 g/mol. The number of nitrogens with one attached hydrogen (secondary N) is 2.